The average molecular weight is 377 g/mol. The molecule has 0 atom stereocenters. The Morgan fingerprint density at radius 3 is 2.57 bits per heavy atom. The number of hydrogen-bond acceptors (Lipinski definition) is 4. The van der Waals surface area contributed by atoms with E-state index in [9.17, 15) is 0 Å². The summed E-state index contributed by atoms with van der Waals surface area (Å²) >= 11 is 0. The second kappa shape index (κ2) is 8.72. The fraction of sp³-hybridized carbons (Fsp3) is 0.375. The molecule has 146 valence electrons. The number of aromatic nitrogens is 1. The first kappa shape index (κ1) is 18.9. The maximum absolute atomic E-state index is 6.20. The summed E-state index contributed by atoms with van der Waals surface area (Å²) in [6.45, 7) is 6.95. The van der Waals surface area contributed by atoms with Crippen LogP contribution in [0.25, 0.3) is 22.0 Å². The van der Waals surface area contributed by atoms with E-state index in [0.717, 1.165) is 50.2 Å². The first-order valence-electron chi connectivity index (χ1n) is 10.2. The topological polar surface area (TPSA) is 34.6 Å². The summed E-state index contributed by atoms with van der Waals surface area (Å²) in [5.74, 6) is 0.938. The molecule has 1 fully saturated rings. The Bertz CT molecular complexity index is 916. The van der Waals surface area contributed by atoms with Gasteiger partial charge in [0.25, 0.3) is 0 Å². The molecule has 1 saturated heterocycles. The van der Waals surface area contributed by atoms with Crippen LogP contribution >= 0.6 is 0 Å². The summed E-state index contributed by atoms with van der Waals surface area (Å²) in [5.41, 5.74) is 4.70. The van der Waals surface area contributed by atoms with E-state index in [1.54, 1.807) is 0 Å². The standard InChI is InChI=1S/C24H28N2O2/c1-3-17-27-26-15-12-22(13-16-26)28-21-9-6-19(7-10-21)23-11-8-20-5-4-14-25-24(20)18(23)2/h4-11,14,22H,3,12-13,15-17H2,1-2H3. The van der Waals surface area contributed by atoms with Crippen molar-refractivity contribution in [2.75, 3.05) is 19.7 Å². The number of hydrogen-bond donors (Lipinski definition) is 0. The van der Waals surface area contributed by atoms with Gasteiger partial charge in [0.2, 0.25) is 0 Å². The molecule has 1 aromatic heterocycles. The fourth-order valence-electron chi connectivity index (χ4n) is 3.81. The monoisotopic (exact) mass is 376 g/mol. The molecule has 0 radical (unpaired) electrons. The summed E-state index contributed by atoms with van der Waals surface area (Å²) in [6.07, 6.45) is 5.17. The first-order chi connectivity index (χ1) is 13.7. The highest BCUT2D eigenvalue weighted by molar-refractivity contribution is 5.88. The van der Waals surface area contributed by atoms with Crippen molar-refractivity contribution in [3.05, 3.63) is 60.3 Å². The van der Waals surface area contributed by atoms with E-state index >= 15 is 0 Å². The van der Waals surface area contributed by atoms with Gasteiger partial charge in [-0.2, -0.15) is 5.06 Å². The van der Waals surface area contributed by atoms with E-state index in [2.05, 4.69) is 66.4 Å². The largest absolute Gasteiger partial charge is 0.490 e. The van der Waals surface area contributed by atoms with Gasteiger partial charge in [-0.3, -0.25) is 9.82 Å². The van der Waals surface area contributed by atoms with Crippen LogP contribution in [0.5, 0.6) is 5.75 Å². The van der Waals surface area contributed by atoms with Gasteiger partial charge < -0.3 is 4.74 Å². The Balaban J connectivity index is 1.42. The zero-order valence-electron chi connectivity index (χ0n) is 16.7. The van der Waals surface area contributed by atoms with Crippen LogP contribution in [0, 0.1) is 6.92 Å². The molecule has 0 amide bonds. The molecule has 2 heterocycles. The predicted octanol–water partition coefficient (Wildman–Crippen LogP) is 5.40. The number of pyridine rings is 1. The van der Waals surface area contributed by atoms with E-state index < -0.39 is 0 Å². The van der Waals surface area contributed by atoms with Crippen molar-refractivity contribution in [2.24, 2.45) is 0 Å². The SMILES string of the molecule is CCCON1CCC(Oc2ccc(-c3ccc4cccnc4c3C)cc2)CC1. The van der Waals surface area contributed by atoms with Crippen molar-refractivity contribution in [1.82, 2.24) is 10.0 Å². The highest BCUT2D eigenvalue weighted by Crippen LogP contribution is 2.30. The van der Waals surface area contributed by atoms with Crippen molar-refractivity contribution < 1.29 is 9.57 Å². The van der Waals surface area contributed by atoms with Crippen LogP contribution in [-0.2, 0) is 4.84 Å². The number of fused-ring (bicyclic) bond motifs is 1. The van der Waals surface area contributed by atoms with Gasteiger partial charge >= 0.3 is 0 Å². The lowest BCUT2D eigenvalue weighted by molar-refractivity contribution is -0.177. The summed E-state index contributed by atoms with van der Waals surface area (Å²) in [7, 11) is 0. The van der Waals surface area contributed by atoms with Crippen LogP contribution in [0.2, 0.25) is 0 Å². The quantitative estimate of drug-likeness (QED) is 0.577. The van der Waals surface area contributed by atoms with E-state index in [0.29, 0.717) is 0 Å². The van der Waals surface area contributed by atoms with Gasteiger partial charge in [0.05, 0.1) is 12.1 Å². The minimum atomic E-state index is 0.263. The van der Waals surface area contributed by atoms with Crippen molar-refractivity contribution in [3.63, 3.8) is 0 Å². The van der Waals surface area contributed by atoms with Crippen LogP contribution in [0.15, 0.2) is 54.7 Å². The minimum Gasteiger partial charge on any atom is -0.490 e. The van der Waals surface area contributed by atoms with Gasteiger partial charge in [0, 0.05) is 24.7 Å². The molecule has 2 aromatic carbocycles. The highest BCUT2D eigenvalue weighted by Gasteiger charge is 2.21. The number of benzene rings is 2. The maximum Gasteiger partial charge on any atom is 0.119 e. The van der Waals surface area contributed by atoms with Crippen molar-refractivity contribution in [1.29, 1.82) is 0 Å². The molecule has 4 nitrogen and oxygen atoms in total. The lowest BCUT2D eigenvalue weighted by atomic mass is 9.98. The van der Waals surface area contributed by atoms with Gasteiger partial charge in [0.15, 0.2) is 0 Å². The zero-order valence-corrected chi connectivity index (χ0v) is 16.7. The van der Waals surface area contributed by atoms with Crippen LogP contribution in [0.4, 0.5) is 0 Å². The molecule has 4 rings (SSSR count). The minimum absolute atomic E-state index is 0.263. The number of nitrogens with zero attached hydrogens (tertiary/aromatic N) is 2. The molecule has 4 heteroatoms. The molecule has 0 aliphatic carbocycles. The second-order valence-corrected chi connectivity index (χ2v) is 7.42. The van der Waals surface area contributed by atoms with Crippen molar-refractivity contribution >= 4 is 10.9 Å². The van der Waals surface area contributed by atoms with Crippen LogP contribution in [0.1, 0.15) is 31.7 Å². The van der Waals surface area contributed by atoms with Gasteiger partial charge in [-0.15, -0.1) is 0 Å². The number of hydroxylamine groups is 2. The molecule has 1 aliphatic heterocycles. The van der Waals surface area contributed by atoms with E-state index in [4.69, 9.17) is 9.57 Å². The zero-order chi connectivity index (χ0) is 19.3. The summed E-state index contributed by atoms with van der Waals surface area (Å²) in [6, 6.07) is 16.9. The summed E-state index contributed by atoms with van der Waals surface area (Å²) in [5, 5.41) is 3.25. The molecule has 0 bridgehead atoms. The van der Waals surface area contributed by atoms with Gasteiger partial charge in [-0.1, -0.05) is 37.3 Å². The molecule has 1 aliphatic rings. The summed E-state index contributed by atoms with van der Waals surface area (Å²) in [4.78, 5) is 10.3. The molecule has 28 heavy (non-hydrogen) atoms. The predicted molar refractivity (Wildman–Crippen MR) is 113 cm³/mol. The van der Waals surface area contributed by atoms with Crippen molar-refractivity contribution in [2.45, 2.75) is 39.2 Å². The van der Waals surface area contributed by atoms with Gasteiger partial charge in [-0.05, 0) is 61.1 Å². The van der Waals surface area contributed by atoms with Crippen LogP contribution < -0.4 is 4.74 Å². The molecule has 0 N–H and O–H groups in total. The molecular formula is C24H28N2O2. The Hall–Kier alpha value is -2.43. The summed E-state index contributed by atoms with van der Waals surface area (Å²) < 4.78 is 6.20. The second-order valence-electron chi connectivity index (χ2n) is 7.42. The lowest BCUT2D eigenvalue weighted by Gasteiger charge is -2.31. The van der Waals surface area contributed by atoms with E-state index in [1.165, 1.54) is 22.1 Å². The molecule has 0 unspecified atom stereocenters. The average Bonchev–Trinajstić information content (AvgIpc) is 2.74. The van der Waals surface area contributed by atoms with Gasteiger partial charge in [-0.25, -0.2) is 0 Å². The molecule has 0 saturated carbocycles. The molecule has 3 aromatic rings. The lowest BCUT2D eigenvalue weighted by Crippen LogP contribution is -2.38. The third kappa shape index (κ3) is 4.18. The van der Waals surface area contributed by atoms with Crippen LogP contribution in [0.3, 0.4) is 0 Å². The molecular weight excluding hydrogens is 348 g/mol. The smallest absolute Gasteiger partial charge is 0.119 e. The highest BCUT2D eigenvalue weighted by atomic mass is 16.7. The maximum atomic E-state index is 6.20. The third-order valence-corrected chi connectivity index (χ3v) is 5.37. The van der Waals surface area contributed by atoms with Crippen molar-refractivity contribution in [3.8, 4) is 16.9 Å². The Labute approximate surface area is 167 Å². The fourth-order valence-corrected chi connectivity index (χ4v) is 3.81. The first-order valence-corrected chi connectivity index (χ1v) is 10.2. The number of aryl methyl sites for hydroxylation is 1. The molecule has 0 spiro atoms. The third-order valence-electron chi connectivity index (χ3n) is 5.37. The number of ether oxygens (including phenoxy) is 1. The Morgan fingerprint density at radius 1 is 1.04 bits per heavy atom. The Kier molecular flexibility index (Phi) is 5.89. The van der Waals surface area contributed by atoms with Crippen LogP contribution in [-0.4, -0.2) is 35.8 Å². The van der Waals surface area contributed by atoms with E-state index in [-0.39, 0.29) is 6.10 Å². The Morgan fingerprint density at radius 2 is 1.82 bits per heavy atom. The van der Waals surface area contributed by atoms with E-state index in [1.807, 2.05) is 12.3 Å². The number of piperidine rings is 1. The van der Waals surface area contributed by atoms with Gasteiger partial charge in [0.1, 0.15) is 11.9 Å². The normalized spacial score (nSPS) is 15.8. The number of rotatable bonds is 6.